The number of hydrogen-bond donors (Lipinski definition) is 2. The molecular weight excluding hydrogens is 312 g/mol. The molecule has 0 spiro atoms. The topological polar surface area (TPSA) is 55.1 Å². The maximum Gasteiger partial charge on any atom is 0.241 e. The summed E-state index contributed by atoms with van der Waals surface area (Å²) in [4.78, 5) is 11.3. The molecule has 0 aliphatic carbocycles. The van der Waals surface area contributed by atoms with E-state index in [0.29, 0.717) is 5.69 Å². The Morgan fingerprint density at radius 2 is 2.14 bits per heavy atom. The number of halogens is 2. The van der Waals surface area contributed by atoms with E-state index in [-0.39, 0.29) is 5.91 Å². The Morgan fingerprint density at radius 3 is 2.71 bits per heavy atom. The van der Waals surface area contributed by atoms with Gasteiger partial charge in [-0.3, -0.25) is 4.79 Å². The third-order valence-electron chi connectivity index (χ3n) is 1.60. The molecule has 3 N–H and O–H groups in total. The van der Waals surface area contributed by atoms with E-state index < -0.39 is 6.04 Å². The molecule has 0 fully saturated rings. The molecule has 1 amide bonds. The predicted octanol–water partition coefficient (Wildman–Crippen LogP) is 2.50. The lowest BCUT2D eigenvalue weighted by molar-refractivity contribution is -0.117. The monoisotopic (exact) mass is 320 g/mol. The summed E-state index contributed by atoms with van der Waals surface area (Å²) in [6.45, 7) is 1.64. The highest BCUT2D eigenvalue weighted by Crippen LogP contribution is 2.26. The molecule has 1 rings (SSSR count). The van der Waals surface area contributed by atoms with Crippen LogP contribution in [0.2, 0.25) is 0 Å². The summed E-state index contributed by atoms with van der Waals surface area (Å²) in [7, 11) is 0. The standard InChI is InChI=1S/C9H10Br2N2O/c1-5(12)9(14)13-8-4-6(10)2-3-7(8)11/h2-5H,12H2,1H3,(H,13,14)/t5-/m0/s1. The molecule has 0 aliphatic rings. The van der Waals surface area contributed by atoms with E-state index in [2.05, 4.69) is 37.2 Å². The third-order valence-corrected chi connectivity index (χ3v) is 2.78. The Bertz CT molecular complexity index is 353. The molecule has 1 atom stereocenters. The molecule has 1 aromatic rings. The van der Waals surface area contributed by atoms with Gasteiger partial charge in [0.15, 0.2) is 0 Å². The van der Waals surface area contributed by atoms with Crippen LogP contribution in [-0.2, 0) is 4.79 Å². The summed E-state index contributed by atoms with van der Waals surface area (Å²) in [6, 6.07) is 5.03. The molecule has 0 bridgehead atoms. The number of hydrogen-bond acceptors (Lipinski definition) is 2. The number of rotatable bonds is 2. The molecule has 0 saturated carbocycles. The highest BCUT2D eigenvalue weighted by Gasteiger charge is 2.09. The van der Waals surface area contributed by atoms with Gasteiger partial charge in [0.25, 0.3) is 0 Å². The second-order valence-electron chi connectivity index (χ2n) is 2.90. The number of anilines is 1. The van der Waals surface area contributed by atoms with Gasteiger partial charge in [0.2, 0.25) is 5.91 Å². The normalized spacial score (nSPS) is 12.3. The number of carbonyl (C=O) groups excluding carboxylic acids is 1. The van der Waals surface area contributed by atoms with E-state index in [9.17, 15) is 4.79 Å². The molecule has 0 aromatic heterocycles. The number of amides is 1. The molecule has 5 heteroatoms. The van der Waals surface area contributed by atoms with Crippen molar-refractivity contribution in [3.63, 3.8) is 0 Å². The molecule has 14 heavy (non-hydrogen) atoms. The van der Waals surface area contributed by atoms with E-state index >= 15 is 0 Å². The van der Waals surface area contributed by atoms with Gasteiger partial charge in [0, 0.05) is 8.95 Å². The van der Waals surface area contributed by atoms with E-state index in [1.165, 1.54) is 0 Å². The minimum Gasteiger partial charge on any atom is -0.324 e. The maximum atomic E-state index is 11.3. The van der Waals surface area contributed by atoms with Gasteiger partial charge >= 0.3 is 0 Å². The number of nitrogens with two attached hydrogens (primary N) is 1. The summed E-state index contributed by atoms with van der Waals surface area (Å²) in [5.41, 5.74) is 6.14. The van der Waals surface area contributed by atoms with Crippen LogP contribution in [0, 0.1) is 0 Å². The average molecular weight is 322 g/mol. The first-order chi connectivity index (χ1) is 6.50. The van der Waals surface area contributed by atoms with Crippen molar-refractivity contribution in [2.24, 2.45) is 5.73 Å². The van der Waals surface area contributed by atoms with Gasteiger partial charge in [-0.15, -0.1) is 0 Å². The van der Waals surface area contributed by atoms with Crippen LogP contribution in [0.4, 0.5) is 5.69 Å². The molecule has 0 heterocycles. The Labute approximate surface area is 99.3 Å². The average Bonchev–Trinajstić information content (AvgIpc) is 2.11. The molecule has 1 aromatic carbocycles. The first-order valence-electron chi connectivity index (χ1n) is 4.02. The first-order valence-corrected chi connectivity index (χ1v) is 5.61. The fraction of sp³-hybridized carbons (Fsp3) is 0.222. The zero-order chi connectivity index (χ0) is 10.7. The van der Waals surface area contributed by atoms with Crippen LogP contribution >= 0.6 is 31.9 Å². The van der Waals surface area contributed by atoms with E-state index in [1.54, 1.807) is 6.92 Å². The third kappa shape index (κ3) is 3.08. The lowest BCUT2D eigenvalue weighted by Crippen LogP contribution is -2.32. The minimum absolute atomic E-state index is 0.205. The van der Waals surface area contributed by atoms with E-state index in [1.807, 2.05) is 18.2 Å². The lowest BCUT2D eigenvalue weighted by atomic mass is 10.3. The summed E-state index contributed by atoms with van der Waals surface area (Å²) < 4.78 is 1.73. The molecule has 0 saturated heterocycles. The van der Waals surface area contributed by atoms with Crippen molar-refractivity contribution in [2.45, 2.75) is 13.0 Å². The Balaban J connectivity index is 2.86. The second-order valence-corrected chi connectivity index (χ2v) is 4.67. The number of nitrogens with one attached hydrogen (secondary N) is 1. The number of benzene rings is 1. The quantitative estimate of drug-likeness (QED) is 0.879. The lowest BCUT2D eigenvalue weighted by Gasteiger charge is -2.09. The second kappa shape index (κ2) is 4.91. The van der Waals surface area contributed by atoms with Gasteiger partial charge in [0.05, 0.1) is 11.7 Å². The van der Waals surface area contributed by atoms with Crippen LogP contribution in [0.15, 0.2) is 27.1 Å². The van der Waals surface area contributed by atoms with Crippen molar-refractivity contribution in [1.29, 1.82) is 0 Å². The summed E-state index contributed by atoms with van der Waals surface area (Å²) in [6.07, 6.45) is 0. The molecular formula is C9H10Br2N2O. The highest BCUT2D eigenvalue weighted by molar-refractivity contribution is 9.11. The van der Waals surface area contributed by atoms with Gasteiger partial charge in [-0.1, -0.05) is 15.9 Å². The van der Waals surface area contributed by atoms with Crippen molar-refractivity contribution >= 4 is 43.5 Å². The van der Waals surface area contributed by atoms with E-state index in [4.69, 9.17) is 5.73 Å². The van der Waals surface area contributed by atoms with Gasteiger partial charge in [-0.25, -0.2) is 0 Å². The van der Waals surface area contributed by atoms with Crippen LogP contribution in [0.25, 0.3) is 0 Å². The van der Waals surface area contributed by atoms with Crippen LogP contribution < -0.4 is 11.1 Å². The Hall–Kier alpha value is -0.390. The van der Waals surface area contributed by atoms with Crippen molar-refractivity contribution in [2.75, 3.05) is 5.32 Å². The predicted molar refractivity (Wildman–Crippen MR) is 64.1 cm³/mol. The summed E-state index contributed by atoms with van der Waals surface area (Å²) >= 11 is 6.65. The fourth-order valence-corrected chi connectivity index (χ4v) is 1.55. The smallest absolute Gasteiger partial charge is 0.241 e. The molecule has 0 unspecified atom stereocenters. The first kappa shape index (κ1) is 11.7. The van der Waals surface area contributed by atoms with Crippen LogP contribution in [0.1, 0.15) is 6.92 Å². The zero-order valence-electron chi connectivity index (χ0n) is 7.55. The van der Waals surface area contributed by atoms with Gasteiger partial charge in [-0.2, -0.15) is 0 Å². The summed E-state index contributed by atoms with van der Waals surface area (Å²) in [5, 5.41) is 2.71. The molecule has 3 nitrogen and oxygen atoms in total. The minimum atomic E-state index is -0.513. The van der Waals surface area contributed by atoms with Crippen molar-refractivity contribution < 1.29 is 4.79 Å². The summed E-state index contributed by atoms with van der Waals surface area (Å²) in [5.74, 6) is -0.205. The largest absolute Gasteiger partial charge is 0.324 e. The van der Waals surface area contributed by atoms with Gasteiger partial charge in [-0.05, 0) is 41.1 Å². The van der Waals surface area contributed by atoms with Crippen molar-refractivity contribution in [3.8, 4) is 0 Å². The highest BCUT2D eigenvalue weighted by atomic mass is 79.9. The maximum absolute atomic E-state index is 11.3. The van der Waals surface area contributed by atoms with Crippen LogP contribution in [0.5, 0.6) is 0 Å². The SMILES string of the molecule is C[C@H](N)C(=O)Nc1cc(Br)ccc1Br. The van der Waals surface area contributed by atoms with Crippen molar-refractivity contribution in [3.05, 3.63) is 27.1 Å². The Kier molecular flexibility index (Phi) is 4.10. The molecule has 76 valence electrons. The zero-order valence-corrected chi connectivity index (χ0v) is 10.7. The van der Waals surface area contributed by atoms with Crippen LogP contribution in [-0.4, -0.2) is 11.9 Å². The molecule has 0 radical (unpaired) electrons. The van der Waals surface area contributed by atoms with Crippen LogP contribution in [0.3, 0.4) is 0 Å². The molecule has 0 aliphatic heterocycles. The Morgan fingerprint density at radius 1 is 1.50 bits per heavy atom. The number of carbonyl (C=O) groups is 1. The van der Waals surface area contributed by atoms with E-state index in [0.717, 1.165) is 8.95 Å². The van der Waals surface area contributed by atoms with Gasteiger partial charge < -0.3 is 11.1 Å². The van der Waals surface area contributed by atoms with Gasteiger partial charge in [0.1, 0.15) is 0 Å². The van der Waals surface area contributed by atoms with Crippen molar-refractivity contribution in [1.82, 2.24) is 0 Å². The fourth-order valence-electron chi connectivity index (χ4n) is 0.840.